The van der Waals surface area contributed by atoms with E-state index in [4.69, 9.17) is 0 Å². The van der Waals surface area contributed by atoms with E-state index in [0.717, 1.165) is 22.3 Å². The molecule has 4 rings (SSSR count). The van der Waals surface area contributed by atoms with Gasteiger partial charge in [0.2, 0.25) is 0 Å². The van der Waals surface area contributed by atoms with E-state index in [2.05, 4.69) is 27.1 Å². The number of aromatic amines is 1. The van der Waals surface area contributed by atoms with Crippen molar-refractivity contribution in [1.29, 1.82) is 0 Å². The molecule has 4 heteroatoms. The van der Waals surface area contributed by atoms with Crippen molar-refractivity contribution in [3.05, 3.63) is 53.9 Å². The van der Waals surface area contributed by atoms with Crippen molar-refractivity contribution in [2.45, 2.75) is 38.1 Å². The van der Waals surface area contributed by atoms with Crippen molar-refractivity contribution >= 4 is 16.7 Å². The highest BCUT2D eigenvalue weighted by molar-refractivity contribution is 5.92. The van der Waals surface area contributed by atoms with Crippen molar-refractivity contribution in [2.75, 3.05) is 5.32 Å². The third-order valence-electron chi connectivity index (χ3n) is 4.78. The number of benzene rings is 1. The summed E-state index contributed by atoms with van der Waals surface area (Å²) in [4.78, 5) is 7.64. The SMILES string of the molecule is Oc1ccccc1C#Cc1cnc2[nH]ccc2c1NC1CCCCC1. The maximum atomic E-state index is 9.92. The number of nitrogens with one attached hydrogen (secondary N) is 2. The van der Waals surface area contributed by atoms with Gasteiger partial charge in [-0.3, -0.25) is 0 Å². The molecule has 0 radical (unpaired) electrons. The van der Waals surface area contributed by atoms with Crippen LogP contribution in [0.4, 0.5) is 5.69 Å². The molecule has 0 unspecified atom stereocenters. The predicted molar refractivity (Wildman–Crippen MR) is 101 cm³/mol. The first kappa shape index (κ1) is 15.6. The molecule has 1 aromatic carbocycles. The number of fused-ring (bicyclic) bond motifs is 1. The Hall–Kier alpha value is -2.93. The molecule has 3 aromatic rings. The van der Waals surface area contributed by atoms with E-state index < -0.39 is 0 Å². The van der Waals surface area contributed by atoms with Gasteiger partial charge in [-0.25, -0.2) is 4.98 Å². The van der Waals surface area contributed by atoms with Gasteiger partial charge in [0.15, 0.2) is 0 Å². The van der Waals surface area contributed by atoms with Gasteiger partial charge in [0.1, 0.15) is 11.4 Å². The quantitative estimate of drug-likeness (QED) is 0.610. The van der Waals surface area contributed by atoms with E-state index in [-0.39, 0.29) is 5.75 Å². The first-order valence-corrected chi connectivity index (χ1v) is 8.84. The molecule has 0 atom stereocenters. The van der Waals surface area contributed by atoms with Gasteiger partial charge in [-0.15, -0.1) is 0 Å². The number of phenols is 1. The molecule has 3 N–H and O–H groups in total. The van der Waals surface area contributed by atoms with Crippen LogP contribution in [0.5, 0.6) is 5.75 Å². The van der Waals surface area contributed by atoms with Crippen LogP contribution in [-0.2, 0) is 0 Å². The van der Waals surface area contributed by atoms with E-state index in [9.17, 15) is 5.11 Å². The van der Waals surface area contributed by atoms with Crippen LogP contribution < -0.4 is 5.32 Å². The van der Waals surface area contributed by atoms with Gasteiger partial charge in [0, 0.05) is 23.8 Å². The maximum Gasteiger partial charge on any atom is 0.139 e. The number of anilines is 1. The lowest BCUT2D eigenvalue weighted by Crippen LogP contribution is -2.22. The van der Waals surface area contributed by atoms with Crippen molar-refractivity contribution in [3.63, 3.8) is 0 Å². The number of rotatable bonds is 2. The Kier molecular flexibility index (Phi) is 4.30. The number of aromatic nitrogens is 2. The smallest absolute Gasteiger partial charge is 0.139 e. The summed E-state index contributed by atoms with van der Waals surface area (Å²) in [5.41, 5.74) is 3.40. The summed E-state index contributed by atoms with van der Waals surface area (Å²) in [7, 11) is 0. The molecule has 1 fully saturated rings. The summed E-state index contributed by atoms with van der Waals surface area (Å²) in [5, 5.41) is 14.7. The number of para-hydroxylation sites is 1. The largest absolute Gasteiger partial charge is 0.507 e. The lowest BCUT2D eigenvalue weighted by Gasteiger charge is -2.24. The molecule has 2 heterocycles. The third-order valence-corrected chi connectivity index (χ3v) is 4.78. The molecule has 0 spiro atoms. The van der Waals surface area contributed by atoms with Crippen LogP contribution in [0.15, 0.2) is 42.7 Å². The summed E-state index contributed by atoms with van der Waals surface area (Å²) >= 11 is 0. The normalized spacial score (nSPS) is 14.9. The Morgan fingerprint density at radius 1 is 1.04 bits per heavy atom. The molecule has 1 aliphatic rings. The van der Waals surface area contributed by atoms with Crippen molar-refractivity contribution in [1.82, 2.24) is 9.97 Å². The lowest BCUT2D eigenvalue weighted by molar-refractivity contribution is 0.463. The minimum Gasteiger partial charge on any atom is -0.507 e. The summed E-state index contributed by atoms with van der Waals surface area (Å²) in [6, 6.07) is 9.67. The van der Waals surface area contributed by atoms with Crippen LogP contribution in [0.3, 0.4) is 0 Å². The Labute approximate surface area is 147 Å². The van der Waals surface area contributed by atoms with E-state index >= 15 is 0 Å². The van der Waals surface area contributed by atoms with Crippen LogP contribution in [0, 0.1) is 11.8 Å². The van der Waals surface area contributed by atoms with Gasteiger partial charge in [0.25, 0.3) is 0 Å². The van der Waals surface area contributed by atoms with Crippen LogP contribution in [-0.4, -0.2) is 21.1 Å². The second-order valence-electron chi connectivity index (χ2n) is 6.53. The molecule has 0 amide bonds. The fraction of sp³-hybridized carbons (Fsp3) is 0.286. The zero-order valence-corrected chi connectivity index (χ0v) is 14.0. The number of hydrogen-bond acceptors (Lipinski definition) is 3. The van der Waals surface area contributed by atoms with Crippen molar-refractivity contribution in [3.8, 4) is 17.6 Å². The molecule has 0 bridgehead atoms. The summed E-state index contributed by atoms with van der Waals surface area (Å²) in [5.74, 6) is 6.47. The van der Waals surface area contributed by atoms with Gasteiger partial charge in [0.05, 0.1) is 16.8 Å². The van der Waals surface area contributed by atoms with Gasteiger partial charge < -0.3 is 15.4 Å². The zero-order chi connectivity index (χ0) is 17.1. The molecular formula is C21H21N3O. The molecular weight excluding hydrogens is 310 g/mol. The Bertz CT molecular complexity index is 942. The molecule has 25 heavy (non-hydrogen) atoms. The highest BCUT2D eigenvalue weighted by Crippen LogP contribution is 2.29. The van der Waals surface area contributed by atoms with E-state index in [0.29, 0.717) is 11.6 Å². The molecule has 126 valence electrons. The van der Waals surface area contributed by atoms with Crippen molar-refractivity contribution in [2.24, 2.45) is 0 Å². The van der Waals surface area contributed by atoms with Crippen LogP contribution >= 0.6 is 0 Å². The van der Waals surface area contributed by atoms with Crippen LogP contribution in [0.1, 0.15) is 43.2 Å². The number of H-pyrrole nitrogens is 1. The lowest BCUT2D eigenvalue weighted by atomic mass is 9.95. The molecule has 0 saturated heterocycles. The Balaban J connectivity index is 1.73. The minimum absolute atomic E-state index is 0.201. The molecule has 4 nitrogen and oxygen atoms in total. The summed E-state index contributed by atoms with van der Waals surface area (Å²) in [6.45, 7) is 0. The second-order valence-corrected chi connectivity index (χ2v) is 6.53. The molecule has 1 saturated carbocycles. The fourth-order valence-corrected chi connectivity index (χ4v) is 3.42. The fourth-order valence-electron chi connectivity index (χ4n) is 3.42. The highest BCUT2D eigenvalue weighted by Gasteiger charge is 2.16. The number of phenolic OH excluding ortho intramolecular Hbond substituents is 1. The maximum absolute atomic E-state index is 9.92. The average molecular weight is 331 g/mol. The molecule has 0 aliphatic heterocycles. The van der Waals surface area contributed by atoms with Crippen molar-refractivity contribution < 1.29 is 5.11 Å². The van der Waals surface area contributed by atoms with E-state index in [1.54, 1.807) is 18.3 Å². The van der Waals surface area contributed by atoms with E-state index in [1.807, 2.05) is 24.4 Å². The number of nitrogens with zero attached hydrogens (tertiary/aromatic N) is 1. The minimum atomic E-state index is 0.201. The Morgan fingerprint density at radius 3 is 2.68 bits per heavy atom. The second kappa shape index (κ2) is 6.90. The monoisotopic (exact) mass is 331 g/mol. The first-order valence-electron chi connectivity index (χ1n) is 8.84. The number of aromatic hydroxyl groups is 1. The topological polar surface area (TPSA) is 60.9 Å². The van der Waals surface area contributed by atoms with Crippen LogP contribution in [0.25, 0.3) is 11.0 Å². The molecule has 2 aromatic heterocycles. The van der Waals surface area contributed by atoms with Gasteiger partial charge in [-0.2, -0.15) is 0 Å². The van der Waals surface area contributed by atoms with Crippen LogP contribution in [0.2, 0.25) is 0 Å². The molecule has 1 aliphatic carbocycles. The average Bonchev–Trinajstić information content (AvgIpc) is 3.12. The summed E-state index contributed by atoms with van der Waals surface area (Å²) < 4.78 is 0. The van der Waals surface area contributed by atoms with E-state index in [1.165, 1.54) is 32.1 Å². The van der Waals surface area contributed by atoms with Gasteiger partial charge >= 0.3 is 0 Å². The predicted octanol–water partition coefficient (Wildman–Crippen LogP) is 4.41. The third kappa shape index (κ3) is 3.32. The zero-order valence-electron chi connectivity index (χ0n) is 14.0. The standard InChI is InChI=1S/C21H21N3O/c25-19-9-5-4-6-15(19)10-11-16-14-23-21-18(12-13-22-21)20(16)24-17-7-2-1-3-8-17/h4-6,9,12-14,17,25H,1-3,7-8H2,(H2,22,23,24). The summed E-state index contributed by atoms with van der Waals surface area (Å²) in [6.07, 6.45) is 9.98. The van der Waals surface area contributed by atoms with Gasteiger partial charge in [-0.1, -0.05) is 43.2 Å². The number of pyridine rings is 1. The highest BCUT2D eigenvalue weighted by atomic mass is 16.3. The Morgan fingerprint density at radius 2 is 1.84 bits per heavy atom. The number of hydrogen-bond donors (Lipinski definition) is 3. The van der Waals surface area contributed by atoms with Gasteiger partial charge in [-0.05, 0) is 31.0 Å². The first-order chi connectivity index (χ1) is 12.3.